The number of fused-ring (bicyclic) bond motifs is 1. The van der Waals surface area contributed by atoms with Crippen LogP contribution in [0.4, 0.5) is 0 Å². The quantitative estimate of drug-likeness (QED) is 0.870. The maximum atomic E-state index is 12.6. The molecule has 1 saturated heterocycles. The summed E-state index contributed by atoms with van der Waals surface area (Å²) in [5, 5.41) is 0.517. The van der Waals surface area contributed by atoms with Crippen LogP contribution in [0.15, 0.2) is 16.9 Å². The average Bonchev–Trinajstić information content (AvgIpc) is 2.70. The molecule has 2 fully saturated rings. The molecule has 152 valence electrons. The number of piperazine rings is 1. The van der Waals surface area contributed by atoms with Gasteiger partial charge in [-0.3, -0.25) is 14.6 Å². The third-order valence-electron chi connectivity index (χ3n) is 6.50. The molecule has 0 radical (unpaired) electrons. The molecule has 2 heterocycles. The summed E-state index contributed by atoms with van der Waals surface area (Å²) >= 11 is 0. The van der Waals surface area contributed by atoms with Gasteiger partial charge in [0.05, 0.1) is 31.7 Å². The number of rotatable bonds is 4. The van der Waals surface area contributed by atoms with Gasteiger partial charge in [0.2, 0.25) is 0 Å². The van der Waals surface area contributed by atoms with Gasteiger partial charge >= 0.3 is 0 Å². The van der Waals surface area contributed by atoms with Crippen molar-refractivity contribution in [1.82, 2.24) is 19.8 Å². The van der Waals surface area contributed by atoms with E-state index in [1.165, 1.54) is 32.1 Å². The monoisotopic (exact) mass is 386 g/mol. The van der Waals surface area contributed by atoms with E-state index >= 15 is 0 Å². The predicted octanol–water partition coefficient (Wildman–Crippen LogP) is 2.39. The molecule has 1 aromatic carbocycles. The summed E-state index contributed by atoms with van der Waals surface area (Å²) in [6.07, 6.45) is 6.49. The number of hydrogen-bond acceptors (Lipinski definition) is 6. The van der Waals surface area contributed by atoms with Crippen molar-refractivity contribution in [2.45, 2.75) is 44.2 Å². The Bertz CT molecular complexity index is 904. The molecule has 1 N–H and O–H groups in total. The molecule has 2 aliphatic rings. The van der Waals surface area contributed by atoms with Crippen LogP contribution in [0.1, 0.15) is 37.9 Å². The number of benzene rings is 1. The number of methoxy groups -OCH3 is 2. The molecule has 0 unspecified atom stereocenters. The molecule has 1 saturated carbocycles. The van der Waals surface area contributed by atoms with E-state index < -0.39 is 0 Å². The summed E-state index contributed by atoms with van der Waals surface area (Å²) in [6, 6.07) is 3.47. The summed E-state index contributed by atoms with van der Waals surface area (Å²) in [6.45, 7) is 3.75. The highest BCUT2D eigenvalue weighted by atomic mass is 16.5. The molecule has 0 atom stereocenters. The lowest BCUT2D eigenvalue weighted by Crippen LogP contribution is -2.61. The second kappa shape index (κ2) is 7.72. The van der Waals surface area contributed by atoms with Gasteiger partial charge in [-0.2, -0.15) is 0 Å². The van der Waals surface area contributed by atoms with Crippen molar-refractivity contribution in [3.63, 3.8) is 0 Å². The van der Waals surface area contributed by atoms with Crippen LogP contribution in [0.2, 0.25) is 0 Å². The number of H-pyrrole nitrogens is 1. The fourth-order valence-corrected chi connectivity index (χ4v) is 4.83. The van der Waals surface area contributed by atoms with Crippen molar-refractivity contribution in [3.8, 4) is 11.5 Å². The first kappa shape index (κ1) is 19.2. The molecular weight excluding hydrogens is 356 g/mol. The Balaban J connectivity index is 1.60. The molecule has 4 rings (SSSR count). The predicted molar refractivity (Wildman–Crippen MR) is 109 cm³/mol. The summed E-state index contributed by atoms with van der Waals surface area (Å²) in [4.78, 5) is 25.3. The molecule has 7 heteroatoms. The number of nitrogens with one attached hydrogen (secondary N) is 1. The summed E-state index contributed by atoms with van der Waals surface area (Å²) < 4.78 is 10.7. The van der Waals surface area contributed by atoms with Crippen LogP contribution in [-0.4, -0.2) is 66.2 Å². The average molecular weight is 386 g/mol. The van der Waals surface area contributed by atoms with Gasteiger partial charge in [-0.05, 0) is 26.0 Å². The molecule has 1 aromatic heterocycles. The standard InChI is InChI=1S/C21H30N4O3/c1-24-9-10-25(14-21(24)7-5-4-6-8-21)13-19-22-16-12-18(28-3)17(27-2)11-15(16)20(26)23-19/h11-12H,4-10,13-14H2,1-3H3,(H,22,23,26). The number of nitrogens with zero attached hydrogens (tertiary/aromatic N) is 3. The van der Waals surface area contributed by atoms with E-state index in [-0.39, 0.29) is 11.1 Å². The summed E-state index contributed by atoms with van der Waals surface area (Å²) in [5.41, 5.74) is 0.782. The Hall–Kier alpha value is -2.12. The van der Waals surface area contributed by atoms with E-state index in [0.717, 1.165) is 19.6 Å². The highest BCUT2D eigenvalue weighted by Gasteiger charge is 2.40. The van der Waals surface area contributed by atoms with Gasteiger partial charge in [-0.15, -0.1) is 0 Å². The van der Waals surface area contributed by atoms with Gasteiger partial charge in [0.1, 0.15) is 5.82 Å². The van der Waals surface area contributed by atoms with Crippen molar-refractivity contribution < 1.29 is 9.47 Å². The highest BCUT2D eigenvalue weighted by molar-refractivity contribution is 5.81. The lowest BCUT2D eigenvalue weighted by atomic mass is 9.79. The van der Waals surface area contributed by atoms with Crippen molar-refractivity contribution in [2.75, 3.05) is 40.9 Å². The van der Waals surface area contributed by atoms with E-state index in [2.05, 4.69) is 21.8 Å². The second-order valence-corrected chi connectivity index (χ2v) is 8.15. The van der Waals surface area contributed by atoms with Gasteiger partial charge in [0.25, 0.3) is 5.56 Å². The van der Waals surface area contributed by atoms with E-state index in [0.29, 0.717) is 34.8 Å². The molecule has 1 aliphatic heterocycles. The number of aromatic nitrogens is 2. The van der Waals surface area contributed by atoms with Crippen LogP contribution in [0.25, 0.3) is 10.9 Å². The summed E-state index contributed by atoms with van der Waals surface area (Å²) in [5.74, 6) is 1.83. The third-order valence-corrected chi connectivity index (χ3v) is 6.50. The van der Waals surface area contributed by atoms with Crippen LogP contribution in [0, 0.1) is 0 Å². The Morgan fingerprint density at radius 3 is 2.54 bits per heavy atom. The molecule has 28 heavy (non-hydrogen) atoms. The summed E-state index contributed by atoms with van der Waals surface area (Å²) in [7, 11) is 5.41. The van der Waals surface area contributed by atoms with Crippen molar-refractivity contribution >= 4 is 10.9 Å². The van der Waals surface area contributed by atoms with Gasteiger partial charge in [0, 0.05) is 31.2 Å². The van der Waals surface area contributed by atoms with Crippen LogP contribution >= 0.6 is 0 Å². The largest absolute Gasteiger partial charge is 0.493 e. The number of aromatic amines is 1. The minimum absolute atomic E-state index is 0.137. The van der Waals surface area contributed by atoms with Crippen molar-refractivity contribution in [2.24, 2.45) is 0 Å². The topological polar surface area (TPSA) is 70.7 Å². The fraction of sp³-hybridized carbons (Fsp3) is 0.619. The fourth-order valence-electron chi connectivity index (χ4n) is 4.83. The number of ether oxygens (including phenoxy) is 2. The zero-order valence-electron chi connectivity index (χ0n) is 17.1. The van der Waals surface area contributed by atoms with Crippen LogP contribution in [0.5, 0.6) is 11.5 Å². The Labute approximate surface area is 165 Å². The van der Waals surface area contributed by atoms with Crippen molar-refractivity contribution in [3.05, 3.63) is 28.3 Å². The second-order valence-electron chi connectivity index (χ2n) is 8.15. The van der Waals surface area contributed by atoms with E-state index in [9.17, 15) is 4.79 Å². The Morgan fingerprint density at radius 1 is 1.11 bits per heavy atom. The van der Waals surface area contributed by atoms with Gasteiger partial charge in [-0.25, -0.2) is 4.98 Å². The third kappa shape index (κ3) is 3.49. The van der Waals surface area contributed by atoms with Crippen LogP contribution in [-0.2, 0) is 6.54 Å². The first-order valence-electron chi connectivity index (χ1n) is 10.1. The molecule has 0 amide bonds. The molecule has 2 aromatic rings. The maximum Gasteiger partial charge on any atom is 0.258 e. The Morgan fingerprint density at radius 2 is 1.82 bits per heavy atom. The lowest BCUT2D eigenvalue weighted by molar-refractivity contribution is -0.0134. The molecule has 1 aliphatic carbocycles. The van der Waals surface area contributed by atoms with E-state index in [1.807, 2.05) is 0 Å². The SMILES string of the molecule is COc1cc2nc(CN3CCN(C)C4(CCCCC4)C3)[nH]c(=O)c2cc1OC. The lowest BCUT2D eigenvalue weighted by Gasteiger charge is -2.51. The van der Waals surface area contributed by atoms with E-state index in [1.54, 1.807) is 26.4 Å². The normalized spacial score (nSPS) is 20.5. The number of likely N-dealkylation sites (N-methyl/N-ethyl adjacent to an activating group) is 1. The minimum Gasteiger partial charge on any atom is -0.493 e. The van der Waals surface area contributed by atoms with Gasteiger partial charge < -0.3 is 14.5 Å². The zero-order valence-corrected chi connectivity index (χ0v) is 17.1. The minimum atomic E-state index is -0.137. The first-order valence-corrected chi connectivity index (χ1v) is 10.1. The molecule has 0 bridgehead atoms. The van der Waals surface area contributed by atoms with Crippen LogP contribution in [0.3, 0.4) is 0 Å². The smallest absolute Gasteiger partial charge is 0.258 e. The molecule has 7 nitrogen and oxygen atoms in total. The van der Waals surface area contributed by atoms with Gasteiger partial charge in [0.15, 0.2) is 11.5 Å². The van der Waals surface area contributed by atoms with Crippen molar-refractivity contribution in [1.29, 1.82) is 0 Å². The highest BCUT2D eigenvalue weighted by Crippen LogP contribution is 2.36. The molecule has 1 spiro atoms. The molecular formula is C21H30N4O3. The Kier molecular flexibility index (Phi) is 5.29. The first-order chi connectivity index (χ1) is 13.5. The maximum absolute atomic E-state index is 12.6. The van der Waals surface area contributed by atoms with E-state index in [4.69, 9.17) is 14.5 Å². The zero-order chi connectivity index (χ0) is 19.7. The number of hydrogen-bond donors (Lipinski definition) is 1. The van der Waals surface area contributed by atoms with Gasteiger partial charge in [-0.1, -0.05) is 19.3 Å². The van der Waals surface area contributed by atoms with Crippen LogP contribution < -0.4 is 15.0 Å².